The number of carboxylic acid groups (broad SMARTS) is 4. The van der Waals surface area contributed by atoms with Crippen LogP contribution in [0.2, 0.25) is 0 Å². The van der Waals surface area contributed by atoms with Gasteiger partial charge in [0.25, 0.3) is 0 Å². The molecule has 10 heteroatoms. The number of hydrogen-bond donors (Lipinski definition) is 0. The maximum Gasteiger partial charge on any atom is 2.00 e. The van der Waals surface area contributed by atoms with Crippen molar-refractivity contribution >= 4 is 70.0 Å². The van der Waals surface area contributed by atoms with Crippen molar-refractivity contribution in [3.63, 3.8) is 0 Å². The third kappa shape index (κ3) is 22.2. The van der Waals surface area contributed by atoms with Crippen LogP contribution in [0.5, 0.6) is 0 Å². The van der Waals surface area contributed by atoms with E-state index in [2.05, 4.69) is 13.8 Å². The van der Waals surface area contributed by atoms with E-state index in [1.807, 2.05) is 12.1 Å². The summed E-state index contributed by atoms with van der Waals surface area (Å²) >= 11 is 0. The van der Waals surface area contributed by atoms with E-state index in [0.717, 1.165) is 49.7 Å². The Kier molecular flexibility index (Phi) is 30.8. The van der Waals surface area contributed by atoms with Crippen LogP contribution >= 0.6 is 0 Å². The molecule has 2 aromatic carbocycles. The Hall–Kier alpha value is -2.67. The predicted molar refractivity (Wildman–Crippen MR) is 191 cm³/mol. The first-order valence-electron chi connectivity index (χ1n) is 17.5. The van der Waals surface area contributed by atoms with E-state index in [1.165, 1.54) is 38.5 Å². The molecule has 0 aliphatic carbocycles. The Morgan fingerprint density at radius 3 is 0.920 bits per heavy atom. The minimum Gasteiger partial charge on any atom is -0.545 e. The first-order chi connectivity index (χ1) is 23.1. The van der Waals surface area contributed by atoms with Crippen LogP contribution in [-0.2, 0) is 32.0 Å². The van der Waals surface area contributed by atoms with Crippen molar-refractivity contribution in [1.82, 2.24) is 0 Å². The Morgan fingerprint density at radius 1 is 0.400 bits per heavy atom. The normalized spacial score (nSPS) is 11.4. The van der Waals surface area contributed by atoms with Gasteiger partial charge in [0.15, 0.2) is 0 Å². The maximum absolute atomic E-state index is 11.4. The van der Waals surface area contributed by atoms with Gasteiger partial charge in [0, 0.05) is 0 Å². The van der Waals surface area contributed by atoms with E-state index < -0.39 is 23.9 Å². The summed E-state index contributed by atoms with van der Waals surface area (Å²) in [5.41, 5.74) is 0.879. The van der Waals surface area contributed by atoms with Crippen LogP contribution in [0.15, 0.2) is 83.0 Å². The van der Waals surface area contributed by atoms with Gasteiger partial charge in [0.05, 0.1) is 23.9 Å². The summed E-state index contributed by atoms with van der Waals surface area (Å²) in [7, 11) is 0. The number of aliphatic carboxylic acids is 4. The minimum absolute atomic E-state index is 0. The Morgan fingerprint density at radius 2 is 0.660 bits per heavy atom. The zero-order valence-electron chi connectivity index (χ0n) is 30.2. The Bertz CT molecular complexity index is 1210. The van der Waals surface area contributed by atoms with Crippen molar-refractivity contribution in [2.75, 3.05) is 0 Å². The third-order valence-corrected chi connectivity index (χ3v) is 8.22. The van der Waals surface area contributed by atoms with Crippen LogP contribution in [0.3, 0.4) is 0 Å². The van der Waals surface area contributed by atoms with E-state index in [0.29, 0.717) is 12.8 Å². The number of carboxylic acids is 4. The molecule has 2 rings (SSSR count). The summed E-state index contributed by atoms with van der Waals surface area (Å²) in [6, 6.07) is 17.9. The van der Waals surface area contributed by atoms with Crippen molar-refractivity contribution in [1.29, 1.82) is 0 Å². The second kappa shape index (κ2) is 31.1. The van der Waals surface area contributed by atoms with E-state index in [9.17, 15) is 39.6 Å². The minimum atomic E-state index is -1.43. The molecule has 0 aliphatic heterocycles. The van der Waals surface area contributed by atoms with Gasteiger partial charge in [-0.2, -0.15) is 0 Å². The number of unbranched alkanes of at least 4 members (excludes halogenated alkanes) is 12. The fourth-order valence-electron chi connectivity index (χ4n) is 5.47. The van der Waals surface area contributed by atoms with Gasteiger partial charge < -0.3 is 39.6 Å². The van der Waals surface area contributed by atoms with E-state index >= 15 is 0 Å². The molecule has 0 heterocycles. The standard InChI is InChI=1S/2C20H28O4.2Mg/c2*1-2-3-4-5-6-7-11-14-17(19(21)22)18(20(23)24)15-16-12-9-8-10-13-16;;/h2*8-10,12-13H,2-7,11,14-15H2,1H3,(H,21,22)(H,23,24);;/q;;2*+2/p-4/b2*18-17-;;. The fraction of sp³-hybridized carbons (Fsp3) is 0.500. The molecule has 0 bridgehead atoms. The van der Waals surface area contributed by atoms with Gasteiger partial charge in [-0.15, -0.1) is 0 Å². The Labute approximate surface area is 331 Å². The number of rotatable bonds is 24. The molecule has 0 aromatic heterocycles. The molecule has 0 unspecified atom stereocenters. The molecule has 0 saturated carbocycles. The maximum atomic E-state index is 11.4. The van der Waals surface area contributed by atoms with E-state index in [4.69, 9.17) is 0 Å². The molecule has 0 saturated heterocycles. The molecule has 50 heavy (non-hydrogen) atoms. The van der Waals surface area contributed by atoms with Gasteiger partial charge in [-0.3, -0.25) is 0 Å². The number of carbonyl (C=O) groups is 4. The van der Waals surface area contributed by atoms with Crippen LogP contribution in [0.25, 0.3) is 0 Å². The van der Waals surface area contributed by atoms with Crippen LogP contribution in [0.4, 0.5) is 0 Å². The number of carbonyl (C=O) groups excluding carboxylic acids is 4. The van der Waals surface area contributed by atoms with Gasteiger partial charge in [0.2, 0.25) is 0 Å². The van der Waals surface area contributed by atoms with Crippen LogP contribution in [0, 0.1) is 0 Å². The fourth-order valence-corrected chi connectivity index (χ4v) is 5.47. The number of hydrogen-bond acceptors (Lipinski definition) is 8. The summed E-state index contributed by atoms with van der Waals surface area (Å²) in [5.74, 6) is -5.67. The van der Waals surface area contributed by atoms with Crippen LogP contribution in [0.1, 0.15) is 128 Å². The second-order valence-electron chi connectivity index (χ2n) is 12.1. The number of benzene rings is 2. The quantitative estimate of drug-likeness (QED) is 0.0909. The van der Waals surface area contributed by atoms with Gasteiger partial charge >= 0.3 is 46.1 Å². The summed E-state index contributed by atoms with van der Waals surface area (Å²) in [6.45, 7) is 4.32. The summed E-state index contributed by atoms with van der Waals surface area (Å²) in [5, 5.41) is 45.6. The zero-order valence-corrected chi connectivity index (χ0v) is 33.0. The Balaban J connectivity index is 0. The second-order valence-corrected chi connectivity index (χ2v) is 12.1. The molecule has 2 aromatic rings. The topological polar surface area (TPSA) is 161 Å². The molecule has 0 aliphatic rings. The van der Waals surface area contributed by atoms with Crippen molar-refractivity contribution in [3.8, 4) is 0 Å². The first-order valence-corrected chi connectivity index (χ1v) is 17.5. The van der Waals surface area contributed by atoms with Crippen molar-refractivity contribution in [2.45, 2.75) is 129 Å². The van der Waals surface area contributed by atoms with E-state index in [1.54, 1.807) is 48.5 Å². The monoisotopic (exact) mass is 708 g/mol. The van der Waals surface area contributed by atoms with Gasteiger partial charge in [-0.05, 0) is 71.9 Å². The van der Waals surface area contributed by atoms with Crippen LogP contribution in [-0.4, -0.2) is 70.0 Å². The van der Waals surface area contributed by atoms with Crippen LogP contribution < -0.4 is 20.4 Å². The molecular formula is C40H52Mg2O8. The van der Waals surface area contributed by atoms with Gasteiger partial charge in [-0.25, -0.2) is 0 Å². The summed E-state index contributed by atoms with van der Waals surface area (Å²) < 4.78 is 0. The molecule has 0 atom stereocenters. The molecular weight excluding hydrogens is 657 g/mol. The van der Waals surface area contributed by atoms with E-state index in [-0.39, 0.29) is 94.1 Å². The molecule has 264 valence electrons. The predicted octanol–water partition coefficient (Wildman–Crippen LogP) is 3.57. The molecule has 0 radical (unpaired) electrons. The van der Waals surface area contributed by atoms with Gasteiger partial charge in [-0.1, -0.05) is 152 Å². The summed E-state index contributed by atoms with van der Waals surface area (Å²) in [4.78, 5) is 45.6. The molecule has 0 spiro atoms. The van der Waals surface area contributed by atoms with Crippen molar-refractivity contribution < 1.29 is 39.6 Å². The third-order valence-electron chi connectivity index (χ3n) is 8.22. The molecule has 0 N–H and O–H groups in total. The van der Waals surface area contributed by atoms with Crippen molar-refractivity contribution in [3.05, 3.63) is 94.1 Å². The largest absolute Gasteiger partial charge is 2.00 e. The average Bonchev–Trinajstić information content (AvgIpc) is 3.06. The average molecular weight is 709 g/mol. The molecule has 8 nitrogen and oxygen atoms in total. The first kappa shape index (κ1) is 49.4. The van der Waals surface area contributed by atoms with Crippen molar-refractivity contribution in [2.24, 2.45) is 0 Å². The summed E-state index contributed by atoms with van der Waals surface area (Å²) in [6.07, 6.45) is 15.2. The smallest absolute Gasteiger partial charge is 0.545 e. The molecule has 0 fully saturated rings. The molecule has 0 amide bonds. The van der Waals surface area contributed by atoms with Gasteiger partial charge in [0.1, 0.15) is 0 Å². The zero-order chi connectivity index (χ0) is 35.6. The SMILES string of the molecule is CCCCCCCCC/C(C(=O)[O-])=C(\Cc1ccccc1)C(=O)[O-].CCCCCCCCC/C(C(=O)[O-])=C(\Cc1ccccc1)C(=O)[O-].[Mg+2].[Mg+2].